The average molecular weight is 740 g/mol. The van der Waals surface area contributed by atoms with Crippen molar-refractivity contribution in [2.75, 3.05) is 61.2 Å². The molecule has 0 radical (unpaired) electrons. The Hall–Kier alpha value is -5.00. The summed E-state index contributed by atoms with van der Waals surface area (Å²) in [6, 6.07) is 3.78. The van der Waals surface area contributed by atoms with Crippen molar-refractivity contribution in [2.24, 2.45) is 0 Å². The quantitative estimate of drug-likeness (QED) is 0.234. The summed E-state index contributed by atoms with van der Waals surface area (Å²) in [7, 11) is 0. The first-order valence-corrected chi connectivity index (χ1v) is 16.6. The van der Waals surface area contributed by atoms with E-state index in [1.54, 1.807) is 12.1 Å². The van der Waals surface area contributed by atoms with Gasteiger partial charge in [-0.15, -0.1) is 0 Å². The molecule has 0 saturated carbocycles. The monoisotopic (exact) mass is 739 g/mol. The van der Waals surface area contributed by atoms with Gasteiger partial charge in [-0.05, 0) is 42.7 Å². The van der Waals surface area contributed by atoms with Crippen LogP contribution in [0.2, 0.25) is 0 Å². The van der Waals surface area contributed by atoms with Gasteiger partial charge in [0.2, 0.25) is 5.95 Å². The van der Waals surface area contributed by atoms with Crippen LogP contribution in [0.1, 0.15) is 60.2 Å². The molecule has 6 rings (SSSR count). The molecular formula is C34H35F6N5O7. The fourth-order valence-corrected chi connectivity index (χ4v) is 6.46. The number of benzene rings is 2. The van der Waals surface area contributed by atoms with Crippen molar-refractivity contribution in [3.05, 3.63) is 64.5 Å². The van der Waals surface area contributed by atoms with E-state index in [4.69, 9.17) is 24.1 Å². The summed E-state index contributed by atoms with van der Waals surface area (Å²) in [6.07, 6.45) is -9.31. The van der Waals surface area contributed by atoms with Gasteiger partial charge in [0, 0.05) is 37.2 Å². The molecule has 4 heterocycles. The Morgan fingerprint density at radius 1 is 0.942 bits per heavy atom. The standard InChI is InChI=1S/C34H35F6N5O7/c1-2-22-15-24(23-16-28-29(51-10-9-50-28)17-26(23)45(22)32(48)52-6-3-30(46)47)42-31-41-18-27(44-4-7-49-8-5-44)25(43-31)13-19-11-20(33(35,36)37)14-21(12-19)34(38,39)40/h11-12,14,16-18,22,24H,2-10,13,15H2,1H3,(H,46,47)(H,41,42,43)/t22-,24+/m1/s1. The number of nitrogens with zero attached hydrogens (tertiary/aromatic N) is 4. The number of fused-ring (bicyclic) bond motifs is 2. The second-order valence-electron chi connectivity index (χ2n) is 12.4. The summed E-state index contributed by atoms with van der Waals surface area (Å²) >= 11 is 0. The minimum atomic E-state index is -5.02. The zero-order chi connectivity index (χ0) is 37.2. The number of ether oxygens (including phenoxy) is 4. The Bertz CT molecular complexity index is 1770. The SMILES string of the molecule is CC[C@@H]1C[C@H](Nc2ncc(N3CCOCC3)c(Cc3cc(C(F)(F)F)cc(C(F)(F)F)c3)n2)c2cc3c(cc2N1C(=O)OCCC(=O)O)OCCO3. The highest BCUT2D eigenvalue weighted by molar-refractivity contribution is 5.91. The number of morpholine rings is 1. The van der Waals surface area contributed by atoms with Crippen LogP contribution in [-0.4, -0.2) is 79.3 Å². The molecule has 1 amide bonds. The fraction of sp³-hybridized carbons (Fsp3) is 0.471. The van der Waals surface area contributed by atoms with E-state index in [9.17, 15) is 35.9 Å². The van der Waals surface area contributed by atoms with E-state index in [-0.39, 0.29) is 55.9 Å². The zero-order valence-electron chi connectivity index (χ0n) is 27.9. The van der Waals surface area contributed by atoms with Crippen LogP contribution in [-0.2, 0) is 33.0 Å². The molecule has 52 heavy (non-hydrogen) atoms. The lowest BCUT2D eigenvalue weighted by Gasteiger charge is -2.41. The van der Waals surface area contributed by atoms with Gasteiger partial charge in [-0.2, -0.15) is 26.3 Å². The molecule has 280 valence electrons. The van der Waals surface area contributed by atoms with Gasteiger partial charge >= 0.3 is 24.4 Å². The second kappa shape index (κ2) is 14.9. The van der Waals surface area contributed by atoms with Gasteiger partial charge in [0.15, 0.2) is 11.5 Å². The number of anilines is 3. The highest BCUT2D eigenvalue weighted by Crippen LogP contribution is 2.46. The Morgan fingerprint density at radius 3 is 2.21 bits per heavy atom. The lowest BCUT2D eigenvalue weighted by molar-refractivity contribution is -0.143. The molecule has 2 atom stereocenters. The van der Waals surface area contributed by atoms with E-state index in [1.165, 1.54) is 11.1 Å². The first-order valence-electron chi connectivity index (χ1n) is 16.6. The smallest absolute Gasteiger partial charge is 0.416 e. The van der Waals surface area contributed by atoms with Crippen LogP contribution in [0.25, 0.3) is 0 Å². The maximum Gasteiger partial charge on any atom is 0.416 e. The van der Waals surface area contributed by atoms with E-state index in [0.29, 0.717) is 79.7 Å². The normalized spacial score (nSPS) is 18.8. The minimum absolute atomic E-state index is 0.0493. The number of carbonyl (C=O) groups excluding carboxylic acids is 1. The third kappa shape index (κ3) is 8.21. The molecule has 0 aliphatic carbocycles. The lowest BCUT2D eigenvalue weighted by atomic mass is 9.89. The number of nitrogens with one attached hydrogen (secondary N) is 1. The first kappa shape index (κ1) is 36.8. The topological polar surface area (TPSA) is 136 Å². The molecule has 18 heteroatoms. The highest BCUT2D eigenvalue weighted by atomic mass is 19.4. The van der Waals surface area contributed by atoms with Crippen LogP contribution in [0.3, 0.4) is 0 Å². The average Bonchev–Trinajstić information content (AvgIpc) is 3.10. The van der Waals surface area contributed by atoms with Gasteiger partial charge in [-0.25, -0.2) is 14.8 Å². The van der Waals surface area contributed by atoms with Crippen molar-refractivity contribution in [2.45, 2.75) is 57.0 Å². The number of carboxylic acids is 1. The molecule has 0 bridgehead atoms. The van der Waals surface area contributed by atoms with E-state index in [1.807, 2.05) is 11.8 Å². The van der Waals surface area contributed by atoms with Gasteiger partial charge in [0.05, 0.1) is 60.1 Å². The maximum atomic E-state index is 13.7. The van der Waals surface area contributed by atoms with Gasteiger partial charge in [-0.1, -0.05) is 6.92 Å². The molecule has 3 aromatic rings. The molecule has 12 nitrogen and oxygen atoms in total. The Morgan fingerprint density at radius 2 is 1.60 bits per heavy atom. The van der Waals surface area contributed by atoms with Crippen molar-refractivity contribution in [1.82, 2.24) is 9.97 Å². The summed E-state index contributed by atoms with van der Waals surface area (Å²) in [6.45, 7) is 3.58. The molecule has 2 N–H and O–H groups in total. The van der Waals surface area contributed by atoms with Crippen LogP contribution in [0.5, 0.6) is 11.5 Å². The van der Waals surface area contributed by atoms with Gasteiger partial charge in [-0.3, -0.25) is 9.69 Å². The predicted octanol–water partition coefficient (Wildman–Crippen LogP) is 6.47. The number of aliphatic carboxylic acids is 1. The zero-order valence-corrected chi connectivity index (χ0v) is 27.9. The maximum absolute atomic E-state index is 13.7. The molecule has 2 aromatic carbocycles. The fourth-order valence-electron chi connectivity index (χ4n) is 6.46. The number of rotatable bonds is 9. The van der Waals surface area contributed by atoms with Crippen LogP contribution >= 0.6 is 0 Å². The number of amides is 1. The summed E-state index contributed by atoms with van der Waals surface area (Å²) in [5.74, 6) is -0.277. The number of alkyl halides is 6. The van der Waals surface area contributed by atoms with Crippen molar-refractivity contribution in [3.8, 4) is 11.5 Å². The molecule has 3 aliphatic heterocycles. The molecule has 3 aliphatic rings. The largest absolute Gasteiger partial charge is 0.486 e. The molecule has 0 spiro atoms. The van der Waals surface area contributed by atoms with E-state index in [0.717, 1.165) is 0 Å². The second-order valence-corrected chi connectivity index (χ2v) is 12.4. The molecular weight excluding hydrogens is 704 g/mol. The third-order valence-electron chi connectivity index (χ3n) is 8.93. The third-order valence-corrected chi connectivity index (χ3v) is 8.93. The Kier molecular flexibility index (Phi) is 10.6. The van der Waals surface area contributed by atoms with Gasteiger partial charge in [0.1, 0.15) is 19.8 Å². The molecule has 1 fully saturated rings. The van der Waals surface area contributed by atoms with Crippen LogP contribution in [0.4, 0.5) is 48.5 Å². The van der Waals surface area contributed by atoms with Crippen LogP contribution in [0, 0.1) is 0 Å². The van der Waals surface area contributed by atoms with Crippen LogP contribution in [0.15, 0.2) is 36.5 Å². The molecule has 1 saturated heterocycles. The Labute approximate surface area is 293 Å². The predicted molar refractivity (Wildman–Crippen MR) is 173 cm³/mol. The molecule has 1 aromatic heterocycles. The van der Waals surface area contributed by atoms with Crippen molar-refractivity contribution in [3.63, 3.8) is 0 Å². The minimum Gasteiger partial charge on any atom is -0.486 e. The number of aromatic nitrogens is 2. The van der Waals surface area contributed by atoms with Crippen molar-refractivity contribution >= 4 is 29.4 Å². The number of halogens is 6. The molecule has 0 unspecified atom stereocenters. The summed E-state index contributed by atoms with van der Waals surface area (Å²) in [5.41, 5.74) is -1.49. The van der Waals surface area contributed by atoms with Crippen molar-refractivity contribution in [1.29, 1.82) is 0 Å². The first-order chi connectivity index (χ1) is 24.7. The number of carboxylic acid groups (broad SMARTS) is 1. The highest BCUT2D eigenvalue weighted by Gasteiger charge is 2.39. The lowest BCUT2D eigenvalue weighted by Crippen LogP contribution is -2.46. The van der Waals surface area contributed by atoms with Crippen molar-refractivity contribution < 1.29 is 60.0 Å². The summed E-state index contributed by atoms with van der Waals surface area (Å²) in [4.78, 5) is 36.9. The Balaban J connectivity index is 1.38. The summed E-state index contributed by atoms with van der Waals surface area (Å²) in [5, 5.41) is 12.3. The van der Waals surface area contributed by atoms with Gasteiger partial charge < -0.3 is 34.3 Å². The van der Waals surface area contributed by atoms with E-state index >= 15 is 0 Å². The van der Waals surface area contributed by atoms with E-state index in [2.05, 4.69) is 15.3 Å². The van der Waals surface area contributed by atoms with Crippen LogP contribution < -0.4 is 24.6 Å². The number of carbonyl (C=O) groups is 2. The number of hydrogen-bond acceptors (Lipinski definition) is 10. The van der Waals surface area contributed by atoms with E-state index < -0.39 is 47.6 Å². The number of hydrogen-bond donors (Lipinski definition) is 2. The summed E-state index contributed by atoms with van der Waals surface area (Å²) < 4.78 is 105. The van der Waals surface area contributed by atoms with Gasteiger partial charge in [0.25, 0.3) is 0 Å².